The minimum absolute atomic E-state index is 0.285. The molecule has 0 saturated heterocycles. The van der Waals surface area contributed by atoms with Gasteiger partial charge in [-0.25, -0.2) is 0 Å². The molecule has 0 spiro atoms. The summed E-state index contributed by atoms with van der Waals surface area (Å²) in [7, 11) is -3.75. The van der Waals surface area contributed by atoms with Crippen molar-refractivity contribution in [3.05, 3.63) is 0 Å². The SMILES string of the molecule is CCC(C)C(=O)OCCC(O)C(F)(F)C(F)(F)C(F)(F)C(F)(F)F.CCC(C)S(=O)(=O)O. The maximum absolute atomic E-state index is 13.2. The standard InChI is InChI=1S/C12H15F9O3.C4H10O3S/c1-3-6(2)8(23)24-5-4-7(22)9(13,14)10(15,16)11(17,18)12(19,20)21;1-3-4(2)8(5,6)7/h6-7,22H,3-5H2,1-2H3;4H,3H2,1-2H3,(H,5,6,7). The molecule has 0 radical (unpaired) electrons. The lowest BCUT2D eigenvalue weighted by molar-refractivity contribution is -0.406. The molecule has 0 aromatic rings. The Hall–Kier alpha value is -1.29. The number of hydrogen-bond donors (Lipinski definition) is 2. The molecule has 194 valence electrons. The highest BCUT2D eigenvalue weighted by Gasteiger charge is 2.82. The first-order valence-electron chi connectivity index (χ1n) is 9.03. The number of halogens is 9. The fraction of sp³-hybridized carbons (Fsp3) is 0.938. The second-order valence-corrected chi connectivity index (χ2v) is 8.62. The van der Waals surface area contributed by atoms with Crippen LogP contribution in [0.15, 0.2) is 0 Å². The Morgan fingerprint density at radius 1 is 0.906 bits per heavy atom. The molecule has 0 fully saturated rings. The van der Waals surface area contributed by atoms with Gasteiger partial charge in [0.1, 0.15) is 6.10 Å². The molecule has 0 aliphatic rings. The number of aliphatic hydroxyl groups is 1. The van der Waals surface area contributed by atoms with Crippen molar-refractivity contribution in [3.63, 3.8) is 0 Å². The largest absolute Gasteiger partial charge is 0.465 e. The van der Waals surface area contributed by atoms with Crippen LogP contribution in [0.4, 0.5) is 39.5 Å². The van der Waals surface area contributed by atoms with Gasteiger partial charge in [0.15, 0.2) is 0 Å². The molecule has 0 amide bonds. The van der Waals surface area contributed by atoms with Gasteiger partial charge in [0.05, 0.1) is 17.8 Å². The first-order chi connectivity index (χ1) is 14.0. The summed E-state index contributed by atoms with van der Waals surface area (Å²) in [5.41, 5.74) is 0. The predicted octanol–water partition coefficient (Wildman–Crippen LogP) is 4.47. The molecule has 0 aliphatic heterocycles. The molecule has 0 aromatic carbocycles. The van der Waals surface area contributed by atoms with Gasteiger partial charge >= 0.3 is 29.9 Å². The first-order valence-corrected chi connectivity index (χ1v) is 10.5. The van der Waals surface area contributed by atoms with Crippen molar-refractivity contribution in [2.24, 2.45) is 5.92 Å². The first kappa shape index (κ1) is 32.9. The smallest absolute Gasteiger partial charge is 0.460 e. The molecule has 0 saturated carbocycles. The van der Waals surface area contributed by atoms with Crippen LogP contribution in [0, 0.1) is 5.92 Å². The van der Waals surface area contributed by atoms with Crippen molar-refractivity contribution in [1.82, 2.24) is 0 Å². The number of rotatable bonds is 10. The highest BCUT2D eigenvalue weighted by Crippen LogP contribution is 2.54. The molecule has 0 aromatic heterocycles. The molecule has 3 unspecified atom stereocenters. The zero-order valence-electron chi connectivity index (χ0n) is 17.4. The summed E-state index contributed by atoms with van der Waals surface area (Å²) >= 11 is 0. The molecule has 32 heavy (non-hydrogen) atoms. The van der Waals surface area contributed by atoms with E-state index in [0.717, 1.165) is 0 Å². The van der Waals surface area contributed by atoms with Gasteiger partial charge in [-0.2, -0.15) is 47.9 Å². The van der Waals surface area contributed by atoms with Crippen molar-refractivity contribution >= 4 is 16.1 Å². The van der Waals surface area contributed by atoms with Crippen LogP contribution in [0.5, 0.6) is 0 Å². The van der Waals surface area contributed by atoms with Crippen molar-refractivity contribution in [1.29, 1.82) is 0 Å². The maximum atomic E-state index is 13.2. The zero-order valence-corrected chi connectivity index (χ0v) is 18.2. The van der Waals surface area contributed by atoms with E-state index in [4.69, 9.17) is 9.66 Å². The summed E-state index contributed by atoms with van der Waals surface area (Å²) in [4.78, 5) is 11.2. The second-order valence-electron chi connectivity index (χ2n) is 6.78. The van der Waals surface area contributed by atoms with E-state index in [0.29, 0.717) is 6.42 Å². The Morgan fingerprint density at radius 3 is 1.62 bits per heavy atom. The molecule has 3 atom stereocenters. The van der Waals surface area contributed by atoms with E-state index in [2.05, 4.69) is 4.74 Å². The van der Waals surface area contributed by atoms with Crippen molar-refractivity contribution < 1.29 is 67.1 Å². The van der Waals surface area contributed by atoms with Gasteiger partial charge in [-0.1, -0.05) is 20.8 Å². The van der Waals surface area contributed by atoms with Gasteiger partial charge in [-0.3, -0.25) is 9.35 Å². The number of ether oxygens (including phenoxy) is 1. The van der Waals surface area contributed by atoms with Crippen molar-refractivity contribution in [2.75, 3.05) is 6.61 Å². The van der Waals surface area contributed by atoms with E-state index < -0.39 is 70.3 Å². The van der Waals surface area contributed by atoms with E-state index in [1.54, 1.807) is 13.8 Å². The number of hydrogen-bond acceptors (Lipinski definition) is 5. The Balaban J connectivity index is 0. The van der Waals surface area contributed by atoms with Crippen LogP contribution in [0.1, 0.15) is 47.0 Å². The number of aliphatic hydroxyl groups excluding tert-OH is 1. The fourth-order valence-electron chi connectivity index (χ4n) is 1.57. The lowest BCUT2D eigenvalue weighted by Crippen LogP contribution is -2.64. The topological polar surface area (TPSA) is 101 Å². The lowest BCUT2D eigenvalue weighted by atomic mass is 9.97. The Labute approximate surface area is 178 Å². The monoisotopic (exact) mass is 516 g/mol. The van der Waals surface area contributed by atoms with E-state index >= 15 is 0 Å². The molecular weight excluding hydrogens is 491 g/mol. The van der Waals surface area contributed by atoms with E-state index in [9.17, 15) is 52.7 Å². The average molecular weight is 516 g/mol. The van der Waals surface area contributed by atoms with Gasteiger partial charge < -0.3 is 9.84 Å². The Morgan fingerprint density at radius 2 is 1.34 bits per heavy atom. The van der Waals surface area contributed by atoms with Crippen LogP contribution in [0.3, 0.4) is 0 Å². The molecule has 2 N–H and O–H groups in total. The van der Waals surface area contributed by atoms with Gasteiger partial charge in [0.2, 0.25) is 0 Å². The van der Waals surface area contributed by atoms with Gasteiger partial charge in [0, 0.05) is 6.42 Å². The Kier molecular flexibility index (Phi) is 12.0. The summed E-state index contributed by atoms with van der Waals surface area (Å²) in [6, 6.07) is 0. The summed E-state index contributed by atoms with van der Waals surface area (Å²) in [5, 5.41) is 8.31. The van der Waals surface area contributed by atoms with Crippen molar-refractivity contribution in [3.8, 4) is 0 Å². The third-order valence-electron chi connectivity index (χ3n) is 4.32. The van der Waals surface area contributed by atoms with Crippen LogP contribution in [0.25, 0.3) is 0 Å². The third kappa shape index (κ3) is 8.24. The highest BCUT2D eigenvalue weighted by atomic mass is 32.2. The van der Waals surface area contributed by atoms with E-state index in [-0.39, 0.29) is 6.42 Å². The van der Waals surface area contributed by atoms with Crippen LogP contribution in [-0.2, 0) is 19.6 Å². The van der Waals surface area contributed by atoms with Crippen LogP contribution < -0.4 is 0 Å². The number of alkyl halides is 9. The Bertz CT molecular complexity index is 695. The molecular formula is C16H25F9O6S. The van der Waals surface area contributed by atoms with Crippen LogP contribution in [-0.4, -0.2) is 66.0 Å². The molecule has 0 aliphatic carbocycles. The van der Waals surface area contributed by atoms with Crippen LogP contribution >= 0.6 is 0 Å². The fourth-order valence-corrected chi connectivity index (χ4v) is 1.99. The summed E-state index contributed by atoms with van der Waals surface area (Å²) < 4.78 is 146. The van der Waals surface area contributed by atoms with Gasteiger partial charge in [-0.15, -0.1) is 0 Å². The highest BCUT2D eigenvalue weighted by molar-refractivity contribution is 7.86. The normalized spacial score (nSPS) is 16.5. The van der Waals surface area contributed by atoms with E-state index in [1.165, 1.54) is 13.8 Å². The summed E-state index contributed by atoms with van der Waals surface area (Å²) in [6.07, 6.45) is -11.3. The van der Waals surface area contributed by atoms with Gasteiger partial charge in [-0.05, 0) is 19.8 Å². The van der Waals surface area contributed by atoms with Gasteiger partial charge in [0.25, 0.3) is 10.1 Å². The minimum Gasteiger partial charge on any atom is -0.465 e. The van der Waals surface area contributed by atoms with Crippen LogP contribution in [0.2, 0.25) is 0 Å². The van der Waals surface area contributed by atoms with E-state index in [1.807, 2.05) is 0 Å². The summed E-state index contributed by atoms with van der Waals surface area (Å²) in [5.74, 6) is -21.7. The third-order valence-corrected chi connectivity index (χ3v) is 5.67. The number of carbonyl (C=O) groups excluding carboxylic acids is 1. The zero-order chi connectivity index (χ0) is 26.3. The lowest BCUT2D eigenvalue weighted by Gasteiger charge is -2.35. The van der Waals surface area contributed by atoms with Crippen molar-refractivity contribution in [2.45, 2.75) is 82.3 Å². The average Bonchev–Trinajstić information content (AvgIpc) is 2.64. The molecule has 0 heterocycles. The molecule has 6 nitrogen and oxygen atoms in total. The number of carbonyl (C=O) groups is 1. The minimum atomic E-state index is -7.07. The molecule has 0 rings (SSSR count). The predicted molar refractivity (Wildman–Crippen MR) is 93.2 cm³/mol. The summed E-state index contributed by atoms with van der Waals surface area (Å²) in [6.45, 7) is 5.06. The second kappa shape index (κ2) is 11.7. The number of esters is 1. The maximum Gasteiger partial charge on any atom is 0.460 e. The molecule has 16 heteroatoms. The quantitative estimate of drug-likeness (QED) is 0.253. The molecule has 0 bridgehead atoms.